The number of nitrogens with zero attached hydrogens (tertiary/aromatic N) is 3. The van der Waals surface area contributed by atoms with Crippen molar-refractivity contribution in [2.45, 2.75) is 0 Å². The lowest BCUT2D eigenvalue weighted by Crippen LogP contribution is -1.99. The van der Waals surface area contributed by atoms with E-state index in [0.29, 0.717) is 16.4 Å². The first-order valence-electron chi connectivity index (χ1n) is 7.84. The smallest absolute Gasteiger partial charge is 0.337 e. The van der Waals surface area contributed by atoms with Crippen LogP contribution in [0, 0.1) is 0 Å². The van der Waals surface area contributed by atoms with E-state index in [0.717, 1.165) is 21.9 Å². The molecule has 0 spiro atoms. The summed E-state index contributed by atoms with van der Waals surface area (Å²) in [7, 11) is 0. The maximum absolute atomic E-state index is 11.2. The second-order valence-corrected chi connectivity index (χ2v) is 6.06. The quantitative estimate of drug-likeness (QED) is 0.571. The van der Waals surface area contributed by atoms with Crippen LogP contribution in [0.2, 0.25) is 5.15 Å². The Balaban J connectivity index is 2.01. The second-order valence-electron chi connectivity index (χ2n) is 5.70. The predicted octanol–water partition coefficient (Wildman–Crippen LogP) is 4.71. The van der Waals surface area contributed by atoms with Gasteiger partial charge in [-0.1, -0.05) is 60.1 Å². The Morgan fingerprint density at radius 1 is 0.923 bits per heavy atom. The van der Waals surface area contributed by atoms with E-state index in [2.05, 4.69) is 15.2 Å². The lowest BCUT2D eigenvalue weighted by atomic mass is 9.97. The van der Waals surface area contributed by atoms with Crippen molar-refractivity contribution in [1.82, 2.24) is 15.2 Å². The predicted molar refractivity (Wildman–Crippen MR) is 100 cm³/mol. The molecule has 1 N–H and O–H groups in total. The summed E-state index contributed by atoms with van der Waals surface area (Å²) < 4.78 is 0. The lowest BCUT2D eigenvalue weighted by Gasteiger charge is -2.11. The maximum Gasteiger partial charge on any atom is 0.337 e. The summed E-state index contributed by atoms with van der Waals surface area (Å²) in [6.07, 6.45) is 2.87. The number of fused-ring (bicyclic) bond motifs is 1. The summed E-state index contributed by atoms with van der Waals surface area (Å²) in [5, 5.41) is 19.3. The molecule has 2 aromatic carbocycles. The van der Waals surface area contributed by atoms with Crippen molar-refractivity contribution in [3.8, 4) is 22.4 Å². The molecule has 0 aliphatic heterocycles. The van der Waals surface area contributed by atoms with Gasteiger partial charge in [0.05, 0.1) is 5.56 Å². The van der Waals surface area contributed by atoms with Crippen molar-refractivity contribution in [3.05, 3.63) is 77.7 Å². The molecule has 6 heteroatoms. The number of aromatic nitrogens is 3. The second kappa shape index (κ2) is 6.54. The third-order valence-electron chi connectivity index (χ3n) is 4.11. The number of carboxylic acids is 1. The highest BCUT2D eigenvalue weighted by molar-refractivity contribution is 6.35. The van der Waals surface area contributed by atoms with E-state index in [9.17, 15) is 9.90 Å². The van der Waals surface area contributed by atoms with Gasteiger partial charge in [-0.05, 0) is 17.2 Å². The van der Waals surface area contributed by atoms with Crippen LogP contribution in [0.1, 0.15) is 10.4 Å². The molecule has 0 saturated carbocycles. The summed E-state index contributed by atoms with van der Waals surface area (Å²) in [4.78, 5) is 15.3. The number of hydrogen-bond acceptors (Lipinski definition) is 4. The third-order valence-corrected chi connectivity index (χ3v) is 4.37. The van der Waals surface area contributed by atoms with E-state index in [1.807, 2.05) is 48.5 Å². The molecule has 0 aliphatic carbocycles. The molecule has 4 aromatic rings. The Hall–Kier alpha value is -3.31. The van der Waals surface area contributed by atoms with E-state index in [1.165, 1.54) is 12.3 Å². The summed E-state index contributed by atoms with van der Waals surface area (Å²) in [5.74, 6) is -1.05. The zero-order valence-electron chi connectivity index (χ0n) is 13.4. The average Bonchev–Trinajstić information content (AvgIpc) is 2.68. The van der Waals surface area contributed by atoms with Crippen molar-refractivity contribution in [3.63, 3.8) is 0 Å². The number of carboxylic acid groups (broad SMARTS) is 1. The van der Waals surface area contributed by atoms with Crippen molar-refractivity contribution in [2.24, 2.45) is 0 Å². The summed E-state index contributed by atoms with van der Waals surface area (Å²) in [6, 6.07) is 17.2. The van der Waals surface area contributed by atoms with Crippen molar-refractivity contribution < 1.29 is 9.90 Å². The largest absolute Gasteiger partial charge is 0.478 e. The minimum atomic E-state index is -1.05. The van der Waals surface area contributed by atoms with Gasteiger partial charge in [-0.3, -0.25) is 4.98 Å². The minimum Gasteiger partial charge on any atom is -0.478 e. The molecular formula is C20H12ClN3O2. The molecular weight excluding hydrogens is 350 g/mol. The first-order valence-corrected chi connectivity index (χ1v) is 8.22. The standard InChI is InChI=1S/C20H12ClN3O2/c21-19-17-15(12-5-2-1-3-6-12)7-4-8-16(17)18(23-24-19)13-9-14(20(25)26)11-22-10-13/h1-11H,(H,25,26). The van der Waals surface area contributed by atoms with Gasteiger partial charge in [0.2, 0.25) is 0 Å². The first kappa shape index (κ1) is 16.2. The normalized spacial score (nSPS) is 10.8. The summed E-state index contributed by atoms with van der Waals surface area (Å²) in [5.41, 5.74) is 3.15. The van der Waals surface area contributed by atoms with Crippen molar-refractivity contribution in [1.29, 1.82) is 0 Å². The Labute approximate surface area is 153 Å². The van der Waals surface area contributed by atoms with Gasteiger partial charge in [0.15, 0.2) is 5.15 Å². The van der Waals surface area contributed by atoms with Crippen molar-refractivity contribution in [2.75, 3.05) is 0 Å². The number of rotatable bonds is 3. The molecule has 126 valence electrons. The molecule has 0 saturated heterocycles. The molecule has 0 fully saturated rings. The van der Waals surface area contributed by atoms with Crippen LogP contribution in [0.5, 0.6) is 0 Å². The molecule has 26 heavy (non-hydrogen) atoms. The number of hydrogen-bond donors (Lipinski definition) is 1. The van der Waals surface area contributed by atoms with E-state index < -0.39 is 5.97 Å². The van der Waals surface area contributed by atoms with Crippen LogP contribution < -0.4 is 0 Å². The molecule has 4 rings (SSSR count). The van der Waals surface area contributed by atoms with Crippen LogP contribution in [0.4, 0.5) is 0 Å². The van der Waals surface area contributed by atoms with Gasteiger partial charge >= 0.3 is 5.97 Å². The van der Waals surface area contributed by atoms with E-state index in [-0.39, 0.29) is 5.56 Å². The zero-order valence-corrected chi connectivity index (χ0v) is 14.2. The Kier molecular flexibility index (Phi) is 4.07. The fraction of sp³-hybridized carbons (Fsp3) is 0. The Morgan fingerprint density at radius 2 is 1.73 bits per heavy atom. The molecule has 0 radical (unpaired) electrons. The highest BCUT2D eigenvalue weighted by Gasteiger charge is 2.15. The van der Waals surface area contributed by atoms with Gasteiger partial charge in [0, 0.05) is 28.7 Å². The summed E-state index contributed by atoms with van der Waals surface area (Å²) >= 11 is 6.37. The van der Waals surface area contributed by atoms with Crippen LogP contribution in [0.15, 0.2) is 67.0 Å². The molecule has 0 aliphatic rings. The highest BCUT2D eigenvalue weighted by atomic mass is 35.5. The molecule has 2 aromatic heterocycles. The fourth-order valence-corrected chi connectivity index (χ4v) is 3.17. The number of pyridine rings is 1. The first-order chi connectivity index (χ1) is 12.6. The number of aromatic carboxylic acids is 1. The lowest BCUT2D eigenvalue weighted by molar-refractivity contribution is 0.0696. The minimum absolute atomic E-state index is 0.0895. The van der Waals surface area contributed by atoms with E-state index >= 15 is 0 Å². The van der Waals surface area contributed by atoms with Gasteiger partial charge in [0.25, 0.3) is 0 Å². The fourth-order valence-electron chi connectivity index (χ4n) is 2.93. The number of halogens is 1. The summed E-state index contributed by atoms with van der Waals surface area (Å²) in [6.45, 7) is 0. The van der Waals surface area contributed by atoms with E-state index in [1.54, 1.807) is 6.20 Å². The number of benzene rings is 2. The molecule has 0 bridgehead atoms. The van der Waals surface area contributed by atoms with Gasteiger partial charge < -0.3 is 5.11 Å². The van der Waals surface area contributed by atoms with E-state index in [4.69, 9.17) is 11.6 Å². The Bertz CT molecular complexity index is 1130. The zero-order chi connectivity index (χ0) is 18.1. The van der Waals surface area contributed by atoms with Gasteiger partial charge in [-0.15, -0.1) is 10.2 Å². The third kappa shape index (κ3) is 2.78. The molecule has 5 nitrogen and oxygen atoms in total. The maximum atomic E-state index is 11.2. The van der Waals surface area contributed by atoms with Crippen LogP contribution >= 0.6 is 11.6 Å². The van der Waals surface area contributed by atoms with Gasteiger partial charge in [0.1, 0.15) is 5.69 Å². The van der Waals surface area contributed by atoms with Crippen LogP contribution in [-0.2, 0) is 0 Å². The van der Waals surface area contributed by atoms with Gasteiger partial charge in [-0.2, -0.15) is 0 Å². The van der Waals surface area contributed by atoms with Crippen LogP contribution in [-0.4, -0.2) is 26.3 Å². The molecule has 0 amide bonds. The Morgan fingerprint density at radius 3 is 2.50 bits per heavy atom. The molecule has 0 atom stereocenters. The van der Waals surface area contributed by atoms with Crippen molar-refractivity contribution >= 4 is 28.3 Å². The SMILES string of the molecule is O=C(O)c1cncc(-c2nnc(Cl)c3c(-c4ccccc4)cccc23)c1. The van der Waals surface area contributed by atoms with Crippen LogP contribution in [0.3, 0.4) is 0 Å². The average molecular weight is 362 g/mol. The highest BCUT2D eigenvalue weighted by Crippen LogP contribution is 2.36. The van der Waals surface area contributed by atoms with Gasteiger partial charge in [-0.25, -0.2) is 4.79 Å². The number of carbonyl (C=O) groups is 1. The molecule has 0 unspecified atom stereocenters. The monoisotopic (exact) mass is 361 g/mol. The molecule has 2 heterocycles. The van der Waals surface area contributed by atoms with Crippen LogP contribution in [0.25, 0.3) is 33.2 Å². The topological polar surface area (TPSA) is 76.0 Å².